The minimum atomic E-state index is -0.220. The predicted octanol–water partition coefficient (Wildman–Crippen LogP) is 1.84. The number of fused-ring (bicyclic) bond motifs is 1. The molecule has 0 bridgehead atoms. The maximum absolute atomic E-state index is 9.33. The summed E-state index contributed by atoms with van der Waals surface area (Å²) in [7, 11) is 0. The molecule has 2 unspecified atom stereocenters. The molecule has 0 aromatic heterocycles. The van der Waals surface area contributed by atoms with Crippen molar-refractivity contribution in [2.45, 2.75) is 38.8 Å². The van der Waals surface area contributed by atoms with Crippen LogP contribution in [0.3, 0.4) is 0 Å². The maximum atomic E-state index is 9.33. The Morgan fingerprint density at radius 1 is 1.41 bits per heavy atom. The van der Waals surface area contributed by atoms with Gasteiger partial charge in [-0.25, -0.2) is 0 Å². The second-order valence-electron chi connectivity index (χ2n) is 5.05. The van der Waals surface area contributed by atoms with Gasteiger partial charge in [0.2, 0.25) is 0 Å². The molecule has 0 saturated heterocycles. The summed E-state index contributed by atoms with van der Waals surface area (Å²) in [5, 5.41) is 9.33. The Balaban J connectivity index is 2.11. The van der Waals surface area contributed by atoms with Crippen LogP contribution in [-0.4, -0.2) is 24.3 Å². The van der Waals surface area contributed by atoms with Crippen molar-refractivity contribution in [3.8, 4) is 0 Å². The van der Waals surface area contributed by atoms with Crippen LogP contribution in [0.5, 0.6) is 0 Å². The fraction of sp³-hybridized carbons (Fsp3) is 0.571. The van der Waals surface area contributed by atoms with Gasteiger partial charge in [0.25, 0.3) is 0 Å². The first-order valence-corrected chi connectivity index (χ1v) is 6.39. The van der Waals surface area contributed by atoms with E-state index in [0.29, 0.717) is 0 Å². The fourth-order valence-corrected chi connectivity index (χ4v) is 2.35. The summed E-state index contributed by atoms with van der Waals surface area (Å²) in [5.74, 6) is 0. The van der Waals surface area contributed by atoms with E-state index in [4.69, 9.17) is 5.73 Å². The molecule has 1 aliphatic rings. The molecule has 1 aliphatic heterocycles. The van der Waals surface area contributed by atoms with Gasteiger partial charge in [-0.2, -0.15) is 0 Å². The third kappa shape index (κ3) is 2.79. The summed E-state index contributed by atoms with van der Waals surface area (Å²) in [6.07, 6.45) is 1.70. The standard InChI is InChI=1S/C14H22N2O/c1-10(17)5-7-16-8-6-13-9-12(11(2)15)3-4-14(13)16/h3-4,9-11,17H,5-8,15H2,1-2H3. The topological polar surface area (TPSA) is 49.5 Å². The van der Waals surface area contributed by atoms with E-state index >= 15 is 0 Å². The second kappa shape index (κ2) is 5.07. The van der Waals surface area contributed by atoms with Crippen LogP contribution in [-0.2, 0) is 6.42 Å². The van der Waals surface area contributed by atoms with Crippen LogP contribution in [0, 0.1) is 0 Å². The van der Waals surface area contributed by atoms with Gasteiger partial charge in [0, 0.05) is 24.8 Å². The lowest BCUT2D eigenvalue weighted by molar-refractivity contribution is 0.186. The van der Waals surface area contributed by atoms with Gasteiger partial charge >= 0.3 is 0 Å². The Hall–Kier alpha value is -1.06. The molecule has 0 amide bonds. The van der Waals surface area contributed by atoms with Crippen LogP contribution in [0.1, 0.15) is 37.4 Å². The molecule has 0 aliphatic carbocycles. The Bertz CT molecular complexity index is 388. The van der Waals surface area contributed by atoms with Crippen molar-refractivity contribution in [2.75, 3.05) is 18.0 Å². The maximum Gasteiger partial charge on any atom is 0.0528 e. The number of anilines is 1. The molecule has 2 atom stereocenters. The molecule has 3 nitrogen and oxygen atoms in total. The minimum Gasteiger partial charge on any atom is -0.393 e. The Morgan fingerprint density at radius 3 is 2.82 bits per heavy atom. The van der Waals surface area contributed by atoms with Crippen LogP contribution < -0.4 is 10.6 Å². The number of hydrogen-bond donors (Lipinski definition) is 2. The van der Waals surface area contributed by atoms with Gasteiger partial charge in [0.05, 0.1) is 6.10 Å². The summed E-state index contributed by atoms with van der Waals surface area (Å²) < 4.78 is 0. The fourth-order valence-electron chi connectivity index (χ4n) is 2.35. The van der Waals surface area contributed by atoms with Crippen molar-refractivity contribution >= 4 is 5.69 Å². The summed E-state index contributed by atoms with van der Waals surface area (Å²) in [6.45, 7) is 5.85. The molecule has 3 heteroatoms. The molecule has 94 valence electrons. The molecule has 17 heavy (non-hydrogen) atoms. The lowest BCUT2D eigenvalue weighted by Gasteiger charge is -2.20. The van der Waals surface area contributed by atoms with Crippen molar-refractivity contribution in [3.63, 3.8) is 0 Å². The number of rotatable bonds is 4. The average Bonchev–Trinajstić information content (AvgIpc) is 2.68. The summed E-state index contributed by atoms with van der Waals surface area (Å²) in [5.41, 5.74) is 9.81. The smallest absolute Gasteiger partial charge is 0.0528 e. The zero-order chi connectivity index (χ0) is 12.4. The van der Waals surface area contributed by atoms with E-state index in [1.54, 1.807) is 0 Å². The Kier molecular flexibility index (Phi) is 3.69. The van der Waals surface area contributed by atoms with E-state index in [-0.39, 0.29) is 12.1 Å². The van der Waals surface area contributed by atoms with Crippen LogP contribution in [0.4, 0.5) is 5.69 Å². The largest absolute Gasteiger partial charge is 0.393 e. The van der Waals surface area contributed by atoms with Crippen LogP contribution in [0.25, 0.3) is 0 Å². The lowest BCUT2D eigenvalue weighted by atomic mass is 10.0. The number of nitrogens with zero attached hydrogens (tertiary/aromatic N) is 1. The molecule has 2 rings (SSSR count). The van der Waals surface area contributed by atoms with Gasteiger partial charge in [0.15, 0.2) is 0 Å². The summed E-state index contributed by atoms with van der Waals surface area (Å²) in [6, 6.07) is 6.61. The first kappa shape index (κ1) is 12.4. The number of aliphatic hydroxyl groups excluding tert-OH is 1. The van der Waals surface area contributed by atoms with Gasteiger partial charge in [-0.05, 0) is 43.9 Å². The van der Waals surface area contributed by atoms with Crippen LogP contribution in [0.15, 0.2) is 18.2 Å². The zero-order valence-corrected chi connectivity index (χ0v) is 10.7. The van der Waals surface area contributed by atoms with Gasteiger partial charge in [-0.3, -0.25) is 0 Å². The van der Waals surface area contributed by atoms with Crippen molar-refractivity contribution in [3.05, 3.63) is 29.3 Å². The monoisotopic (exact) mass is 234 g/mol. The molecule has 0 saturated carbocycles. The number of aliphatic hydroxyl groups is 1. The normalized spacial score (nSPS) is 18.0. The highest BCUT2D eigenvalue weighted by atomic mass is 16.3. The van der Waals surface area contributed by atoms with Crippen LogP contribution in [0.2, 0.25) is 0 Å². The summed E-state index contributed by atoms with van der Waals surface area (Å²) in [4.78, 5) is 2.35. The second-order valence-corrected chi connectivity index (χ2v) is 5.05. The van der Waals surface area contributed by atoms with Crippen molar-refractivity contribution in [1.29, 1.82) is 0 Å². The van der Waals surface area contributed by atoms with Gasteiger partial charge in [-0.15, -0.1) is 0 Å². The lowest BCUT2D eigenvalue weighted by Crippen LogP contribution is -2.24. The van der Waals surface area contributed by atoms with Gasteiger partial charge in [0.1, 0.15) is 0 Å². The number of nitrogens with two attached hydrogens (primary N) is 1. The van der Waals surface area contributed by atoms with E-state index in [1.807, 2.05) is 13.8 Å². The highest BCUT2D eigenvalue weighted by Crippen LogP contribution is 2.30. The van der Waals surface area contributed by atoms with Gasteiger partial charge in [-0.1, -0.05) is 12.1 Å². The molecule has 3 N–H and O–H groups in total. The van der Waals surface area contributed by atoms with Crippen molar-refractivity contribution in [1.82, 2.24) is 0 Å². The first-order chi connectivity index (χ1) is 8.08. The third-order valence-electron chi connectivity index (χ3n) is 3.44. The van der Waals surface area contributed by atoms with Crippen LogP contribution >= 0.6 is 0 Å². The van der Waals surface area contributed by atoms with E-state index in [1.165, 1.54) is 16.8 Å². The van der Waals surface area contributed by atoms with Crippen molar-refractivity contribution < 1.29 is 5.11 Å². The molecule has 1 aromatic carbocycles. The minimum absolute atomic E-state index is 0.104. The van der Waals surface area contributed by atoms with E-state index in [9.17, 15) is 5.11 Å². The quantitative estimate of drug-likeness (QED) is 0.835. The molecular weight excluding hydrogens is 212 g/mol. The molecule has 0 radical (unpaired) electrons. The first-order valence-electron chi connectivity index (χ1n) is 6.39. The van der Waals surface area contributed by atoms with E-state index in [0.717, 1.165) is 25.9 Å². The highest BCUT2D eigenvalue weighted by molar-refractivity contribution is 5.59. The number of hydrogen-bond acceptors (Lipinski definition) is 3. The van der Waals surface area contributed by atoms with Crippen molar-refractivity contribution in [2.24, 2.45) is 5.73 Å². The SMILES string of the molecule is CC(O)CCN1CCc2cc(C(C)N)ccc21. The Morgan fingerprint density at radius 2 is 2.18 bits per heavy atom. The van der Waals surface area contributed by atoms with E-state index < -0.39 is 0 Å². The average molecular weight is 234 g/mol. The zero-order valence-electron chi connectivity index (χ0n) is 10.7. The molecular formula is C14H22N2O. The predicted molar refractivity (Wildman–Crippen MR) is 71.3 cm³/mol. The molecule has 1 aromatic rings. The highest BCUT2D eigenvalue weighted by Gasteiger charge is 2.19. The molecule has 0 spiro atoms. The van der Waals surface area contributed by atoms with Gasteiger partial charge < -0.3 is 15.7 Å². The molecule has 0 fully saturated rings. The Labute approximate surface area is 103 Å². The van der Waals surface area contributed by atoms with E-state index in [2.05, 4.69) is 23.1 Å². The third-order valence-corrected chi connectivity index (χ3v) is 3.44. The molecule has 1 heterocycles. The summed E-state index contributed by atoms with van der Waals surface area (Å²) >= 11 is 0. The number of benzene rings is 1.